The van der Waals surface area contributed by atoms with Crippen LogP contribution in [0.3, 0.4) is 0 Å². The van der Waals surface area contributed by atoms with Crippen LogP contribution < -0.4 is 5.32 Å². The first kappa shape index (κ1) is 26.4. The molecule has 1 aliphatic heterocycles. The van der Waals surface area contributed by atoms with Crippen molar-refractivity contribution in [1.29, 1.82) is 0 Å². The summed E-state index contributed by atoms with van der Waals surface area (Å²) in [7, 11) is 0.696. The van der Waals surface area contributed by atoms with E-state index in [2.05, 4.69) is 39.3 Å². The third kappa shape index (κ3) is 5.52. The van der Waals surface area contributed by atoms with E-state index in [-0.39, 0.29) is 11.9 Å². The molecular formula is C31H31N5O2S. The van der Waals surface area contributed by atoms with Crippen LogP contribution in [0.4, 0.5) is 5.69 Å². The van der Waals surface area contributed by atoms with Crippen molar-refractivity contribution in [2.45, 2.75) is 31.7 Å². The van der Waals surface area contributed by atoms with Crippen LogP contribution in [0.15, 0.2) is 72.0 Å². The number of hydrogen-bond acceptors (Lipinski definition) is 6. The fourth-order valence-electron chi connectivity index (χ4n) is 4.88. The molecule has 0 bridgehead atoms. The lowest BCUT2D eigenvalue weighted by atomic mass is 9.92. The molecule has 1 amide bonds. The lowest BCUT2D eigenvalue weighted by Crippen LogP contribution is -2.27. The Morgan fingerprint density at radius 2 is 1.69 bits per heavy atom. The van der Waals surface area contributed by atoms with Crippen LogP contribution in [0.1, 0.15) is 51.4 Å². The molecule has 1 N–H and O–H groups in total. The average Bonchev–Trinajstić information content (AvgIpc) is 3.05. The minimum Gasteiger partial charge on any atom is -0.378 e. The number of nitrogens with zero attached hydrogens (tertiary/aromatic N) is 4. The molecule has 2 aromatic heterocycles. The zero-order chi connectivity index (χ0) is 27.7. The summed E-state index contributed by atoms with van der Waals surface area (Å²) in [6.45, 7) is 6.38. The van der Waals surface area contributed by atoms with Crippen molar-refractivity contribution in [3.8, 4) is 11.3 Å². The highest BCUT2D eigenvalue weighted by atomic mass is 32.2. The van der Waals surface area contributed by atoms with E-state index in [4.69, 9.17) is 0 Å². The van der Waals surface area contributed by atoms with Gasteiger partial charge in [-0.05, 0) is 78.9 Å². The van der Waals surface area contributed by atoms with Crippen molar-refractivity contribution in [1.82, 2.24) is 19.9 Å². The number of anilines is 1. The Morgan fingerprint density at radius 1 is 0.974 bits per heavy atom. The lowest BCUT2D eigenvalue weighted by molar-refractivity contribution is 0.0813. The molecular weight excluding hydrogens is 506 g/mol. The quantitative estimate of drug-likeness (QED) is 0.340. The van der Waals surface area contributed by atoms with Crippen molar-refractivity contribution in [2.75, 3.05) is 25.2 Å². The Kier molecular flexibility index (Phi) is 7.39. The van der Waals surface area contributed by atoms with Crippen LogP contribution in [-0.2, 0) is 10.8 Å². The highest BCUT2D eigenvalue weighted by molar-refractivity contribution is 7.84. The number of nitrogens with one attached hydrogen (secondary N) is 1. The number of carbonyl (C=O) groups is 1. The fourth-order valence-corrected chi connectivity index (χ4v) is 5.58. The van der Waals surface area contributed by atoms with E-state index >= 15 is 0 Å². The van der Waals surface area contributed by atoms with Gasteiger partial charge in [0.25, 0.3) is 5.91 Å². The van der Waals surface area contributed by atoms with Gasteiger partial charge in [0, 0.05) is 55.6 Å². The summed E-state index contributed by atoms with van der Waals surface area (Å²) in [5.41, 5.74) is 7.97. The number of aryl methyl sites for hydroxylation is 2. The van der Waals surface area contributed by atoms with E-state index in [0.29, 0.717) is 17.9 Å². The van der Waals surface area contributed by atoms with Gasteiger partial charge in [0.1, 0.15) is 5.82 Å². The van der Waals surface area contributed by atoms with Crippen LogP contribution in [0, 0.1) is 13.8 Å². The predicted molar refractivity (Wildman–Crippen MR) is 157 cm³/mol. The van der Waals surface area contributed by atoms with Crippen LogP contribution in [0.2, 0.25) is 0 Å². The topological polar surface area (TPSA) is 88.1 Å². The first-order valence-electron chi connectivity index (χ1n) is 12.8. The van der Waals surface area contributed by atoms with Gasteiger partial charge in [-0.25, -0.2) is 9.97 Å². The number of likely N-dealkylation sites (N-methyl/N-ethyl adjacent to an activating group) is 1. The Labute approximate surface area is 231 Å². The van der Waals surface area contributed by atoms with Crippen molar-refractivity contribution in [2.24, 2.45) is 0 Å². The lowest BCUT2D eigenvalue weighted by Gasteiger charge is -2.22. The maximum absolute atomic E-state index is 13.5. The summed E-state index contributed by atoms with van der Waals surface area (Å²) < 4.78 is 12.3. The number of aromatic nitrogens is 3. The summed E-state index contributed by atoms with van der Waals surface area (Å²) in [6.07, 6.45) is 9.17. The van der Waals surface area contributed by atoms with E-state index in [9.17, 15) is 9.00 Å². The molecule has 198 valence electrons. The smallest absolute Gasteiger partial charge is 0.254 e. The van der Waals surface area contributed by atoms with Crippen molar-refractivity contribution >= 4 is 34.0 Å². The van der Waals surface area contributed by atoms with Crippen molar-refractivity contribution < 1.29 is 9.00 Å². The maximum atomic E-state index is 13.5. The first-order chi connectivity index (χ1) is 18.7. The van der Waals surface area contributed by atoms with E-state index in [1.807, 2.05) is 69.6 Å². The molecule has 39 heavy (non-hydrogen) atoms. The minimum atomic E-state index is -1.13. The molecule has 8 heteroatoms. The number of amides is 1. The first-order valence-corrected chi connectivity index (χ1v) is 14.3. The molecule has 1 unspecified atom stereocenters. The Balaban J connectivity index is 1.56. The van der Waals surface area contributed by atoms with Gasteiger partial charge >= 0.3 is 0 Å². The average molecular weight is 538 g/mol. The molecule has 7 nitrogen and oxygen atoms in total. The van der Waals surface area contributed by atoms with Gasteiger partial charge in [0.15, 0.2) is 0 Å². The summed E-state index contributed by atoms with van der Waals surface area (Å²) in [5.74, 6) is 0.691. The maximum Gasteiger partial charge on any atom is 0.254 e. The zero-order valence-corrected chi connectivity index (χ0v) is 23.5. The highest BCUT2D eigenvalue weighted by Gasteiger charge is 2.25. The summed E-state index contributed by atoms with van der Waals surface area (Å²) in [5, 5.41) is 3.54. The van der Waals surface area contributed by atoms with Gasteiger partial charge in [-0.15, -0.1) is 0 Å². The van der Waals surface area contributed by atoms with Gasteiger partial charge in [-0.3, -0.25) is 14.0 Å². The standard InChI is InChI=1S/C31H31N5O2S/c1-19-12-25(20(2)35-29-8-6-7-9-30(29)39(5)38)26-14-23(18-36(4)31(37)27(26)13-19)22-10-11-28(34-15-22)24-16-32-21(3)33-17-24/h6-17,20,35H,18H2,1-5H3/t20-,39?/m1/s1. The Hall–Kier alpha value is -4.17. The SMILES string of the molecule is Cc1cc2c(c([C@@H](C)Nc3ccccc3S(C)=O)c1)C=C(c1ccc(-c3cnc(C)nc3)nc1)CN(C)C2=O. The van der Waals surface area contributed by atoms with Crippen LogP contribution in [0.25, 0.3) is 22.9 Å². The van der Waals surface area contributed by atoms with Gasteiger partial charge in [0.2, 0.25) is 0 Å². The van der Waals surface area contributed by atoms with Crippen molar-refractivity contribution in [3.05, 3.63) is 101 Å². The number of fused-ring (bicyclic) bond motifs is 1. The molecule has 0 radical (unpaired) electrons. The molecule has 4 aromatic rings. The molecule has 0 spiro atoms. The number of carbonyl (C=O) groups excluding carboxylic acids is 1. The van der Waals surface area contributed by atoms with E-state index < -0.39 is 10.8 Å². The van der Waals surface area contributed by atoms with E-state index in [1.54, 1.807) is 23.5 Å². The summed E-state index contributed by atoms with van der Waals surface area (Å²) in [4.78, 5) is 29.2. The molecule has 0 saturated heterocycles. The van der Waals surface area contributed by atoms with E-state index in [1.165, 1.54) is 0 Å². The fraction of sp³-hybridized carbons (Fsp3) is 0.226. The molecule has 3 heterocycles. The van der Waals surface area contributed by atoms with Gasteiger partial charge in [0.05, 0.1) is 27.1 Å². The van der Waals surface area contributed by atoms with Crippen molar-refractivity contribution in [3.63, 3.8) is 0 Å². The molecule has 2 atom stereocenters. The van der Waals surface area contributed by atoms with Gasteiger partial charge in [-0.1, -0.05) is 24.3 Å². The highest BCUT2D eigenvalue weighted by Crippen LogP contribution is 2.34. The predicted octanol–water partition coefficient (Wildman–Crippen LogP) is 5.69. The zero-order valence-electron chi connectivity index (χ0n) is 22.7. The number of rotatable bonds is 6. The second-order valence-corrected chi connectivity index (χ2v) is 11.3. The molecule has 2 aromatic carbocycles. The molecule has 1 aliphatic rings. The number of pyridine rings is 1. The van der Waals surface area contributed by atoms with Crippen LogP contribution in [0.5, 0.6) is 0 Å². The summed E-state index contributed by atoms with van der Waals surface area (Å²) in [6, 6.07) is 15.5. The minimum absolute atomic E-state index is 0.0233. The molecule has 5 rings (SSSR count). The van der Waals surface area contributed by atoms with Gasteiger partial charge < -0.3 is 10.2 Å². The molecule has 0 aliphatic carbocycles. The second-order valence-electron chi connectivity index (χ2n) is 9.91. The third-order valence-electron chi connectivity index (χ3n) is 6.91. The number of para-hydroxylation sites is 1. The Morgan fingerprint density at radius 3 is 2.38 bits per heavy atom. The molecule has 0 saturated carbocycles. The third-order valence-corrected chi connectivity index (χ3v) is 7.88. The Bertz CT molecular complexity index is 1600. The number of hydrogen-bond donors (Lipinski definition) is 1. The largest absolute Gasteiger partial charge is 0.378 e. The van der Waals surface area contributed by atoms with E-state index in [0.717, 1.165) is 49.7 Å². The molecule has 0 fully saturated rings. The van der Waals surface area contributed by atoms with Crippen LogP contribution >= 0.6 is 0 Å². The second kappa shape index (κ2) is 10.9. The summed E-state index contributed by atoms with van der Waals surface area (Å²) >= 11 is 0. The normalized spacial score (nSPS) is 14.7. The van der Waals surface area contributed by atoms with Gasteiger partial charge in [-0.2, -0.15) is 0 Å². The number of benzene rings is 2. The monoisotopic (exact) mass is 537 g/mol. The van der Waals surface area contributed by atoms with Crippen LogP contribution in [-0.4, -0.2) is 49.8 Å².